The van der Waals surface area contributed by atoms with Gasteiger partial charge in [-0.15, -0.1) is 0 Å². The lowest BCUT2D eigenvalue weighted by molar-refractivity contribution is 0.609. The molecule has 0 amide bonds. The monoisotopic (exact) mass is 359 g/mol. The summed E-state index contributed by atoms with van der Waals surface area (Å²) in [5.41, 5.74) is -0.437. The van der Waals surface area contributed by atoms with Crippen LogP contribution in [0.2, 0.25) is 25.1 Å². The Kier molecular flexibility index (Phi) is 4.33. The Balaban J connectivity index is 2.82. The standard InChI is InChI=1S/C11H3Cl5FNO/c12-6-5(3-1-4(17)11(19)18-2-3)7(13)9(15)10(16)8(6)14/h1-2H,(H,18,19). The highest BCUT2D eigenvalue weighted by Crippen LogP contribution is 2.47. The van der Waals surface area contributed by atoms with E-state index in [-0.39, 0.29) is 36.2 Å². The molecular weight excluding hydrogens is 358 g/mol. The Morgan fingerprint density at radius 1 is 0.895 bits per heavy atom. The summed E-state index contributed by atoms with van der Waals surface area (Å²) in [6, 6.07) is 0.979. The molecule has 0 atom stereocenters. The van der Waals surface area contributed by atoms with Gasteiger partial charge in [0.25, 0.3) is 5.56 Å². The summed E-state index contributed by atoms with van der Waals surface area (Å²) in [7, 11) is 0. The van der Waals surface area contributed by atoms with Gasteiger partial charge in [-0.05, 0) is 6.07 Å². The lowest BCUT2D eigenvalue weighted by Gasteiger charge is -2.12. The van der Waals surface area contributed by atoms with Crippen LogP contribution in [0.5, 0.6) is 0 Å². The highest BCUT2D eigenvalue weighted by molar-refractivity contribution is 6.56. The lowest BCUT2D eigenvalue weighted by atomic mass is 10.1. The van der Waals surface area contributed by atoms with Gasteiger partial charge in [-0.25, -0.2) is 4.39 Å². The third-order valence-electron chi connectivity index (χ3n) is 2.36. The van der Waals surface area contributed by atoms with Crippen molar-refractivity contribution >= 4 is 58.0 Å². The molecule has 0 aliphatic carbocycles. The lowest BCUT2D eigenvalue weighted by Crippen LogP contribution is -2.09. The van der Waals surface area contributed by atoms with E-state index in [2.05, 4.69) is 4.98 Å². The van der Waals surface area contributed by atoms with Gasteiger partial charge in [-0.2, -0.15) is 0 Å². The van der Waals surface area contributed by atoms with Crippen LogP contribution < -0.4 is 5.56 Å². The molecule has 2 nitrogen and oxygen atoms in total. The molecule has 0 saturated heterocycles. The smallest absolute Gasteiger partial charge is 0.283 e. The van der Waals surface area contributed by atoms with E-state index < -0.39 is 11.4 Å². The zero-order chi connectivity index (χ0) is 14.3. The number of H-pyrrole nitrogens is 1. The van der Waals surface area contributed by atoms with Gasteiger partial charge >= 0.3 is 0 Å². The van der Waals surface area contributed by atoms with Crippen LogP contribution in [-0.4, -0.2) is 4.98 Å². The number of hydrogen-bond donors (Lipinski definition) is 1. The molecule has 0 radical (unpaired) electrons. The van der Waals surface area contributed by atoms with Crippen molar-refractivity contribution in [1.29, 1.82) is 0 Å². The maximum absolute atomic E-state index is 13.3. The van der Waals surface area contributed by atoms with Crippen molar-refractivity contribution in [3.05, 3.63) is 53.5 Å². The molecule has 1 N–H and O–H groups in total. The largest absolute Gasteiger partial charge is 0.326 e. The quantitative estimate of drug-likeness (QED) is 0.532. The van der Waals surface area contributed by atoms with Crippen LogP contribution in [0.3, 0.4) is 0 Å². The molecule has 1 aromatic heterocycles. The second-order valence-corrected chi connectivity index (χ2v) is 5.40. The van der Waals surface area contributed by atoms with Crippen molar-refractivity contribution in [2.45, 2.75) is 0 Å². The van der Waals surface area contributed by atoms with Crippen molar-refractivity contribution in [3.63, 3.8) is 0 Å². The van der Waals surface area contributed by atoms with E-state index in [0.29, 0.717) is 0 Å². The molecule has 2 rings (SSSR count). The normalized spacial score (nSPS) is 10.8. The third-order valence-corrected chi connectivity index (χ3v) is 4.63. The van der Waals surface area contributed by atoms with Crippen molar-refractivity contribution < 1.29 is 4.39 Å². The summed E-state index contributed by atoms with van der Waals surface area (Å²) in [6.07, 6.45) is 1.25. The van der Waals surface area contributed by atoms with Crippen LogP contribution in [0.25, 0.3) is 11.1 Å². The summed E-state index contributed by atoms with van der Waals surface area (Å²) < 4.78 is 13.3. The second-order valence-electron chi connectivity index (χ2n) is 3.51. The van der Waals surface area contributed by atoms with Crippen LogP contribution in [-0.2, 0) is 0 Å². The molecule has 8 heteroatoms. The van der Waals surface area contributed by atoms with E-state index in [4.69, 9.17) is 58.0 Å². The zero-order valence-electron chi connectivity index (χ0n) is 8.83. The fraction of sp³-hybridized carbons (Fsp3) is 0. The number of aromatic amines is 1. The molecule has 0 fully saturated rings. The Morgan fingerprint density at radius 2 is 1.37 bits per heavy atom. The molecule has 2 aromatic rings. The van der Waals surface area contributed by atoms with Crippen molar-refractivity contribution in [1.82, 2.24) is 4.98 Å². The van der Waals surface area contributed by atoms with Gasteiger partial charge in [-0.1, -0.05) is 58.0 Å². The van der Waals surface area contributed by atoms with E-state index in [1.165, 1.54) is 6.20 Å². The highest BCUT2D eigenvalue weighted by Gasteiger charge is 2.21. The highest BCUT2D eigenvalue weighted by atomic mass is 35.5. The Hall–Kier alpha value is -0.450. The van der Waals surface area contributed by atoms with Gasteiger partial charge in [0.1, 0.15) is 0 Å². The first-order chi connectivity index (χ1) is 8.84. The predicted molar refractivity (Wildman–Crippen MR) is 77.5 cm³/mol. The van der Waals surface area contributed by atoms with E-state index in [0.717, 1.165) is 6.07 Å². The molecule has 19 heavy (non-hydrogen) atoms. The van der Waals surface area contributed by atoms with Crippen LogP contribution in [0.4, 0.5) is 4.39 Å². The Morgan fingerprint density at radius 3 is 1.84 bits per heavy atom. The average Bonchev–Trinajstić information content (AvgIpc) is 2.38. The molecule has 1 aromatic carbocycles. The fourth-order valence-electron chi connectivity index (χ4n) is 1.46. The summed E-state index contributed by atoms with van der Waals surface area (Å²) in [5.74, 6) is -0.980. The number of pyridine rings is 1. The minimum atomic E-state index is -0.980. The van der Waals surface area contributed by atoms with Crippen molar-refractivity contribution in [2.24, 2.45) is 0 Å². The molecule has 0 spiro atoms. The average molecular weight is 361 g/mol. The minimum Gasteiger partial charge on any atom is -0.326 e. The van der Waals surface area contributed by atoms with E-state index in [1.54, 1.807) is 0 Å². The molecule has 0 unspecified atom stereocenters. The van der Waals surface area contributed by atoms with E-state index in [1.807, 2.05) is 0 Å². The first-order valence-electron chi connectivity index (χ1n) is 4.74. The van der Waals surface area contributed by atoms with Crippen molar-refractivity contribution in [2.75, 3.05) is 0 Å². The molecule has 0 aliphatic heterocycles. The third kappa shape index (κ3) is 2.58. The van der Waals surface area contributed by atoms with Gasteiger partial charge in [0, 0.05) is 17.3 Å². The van der Waals surface area contributed by atoms with Crippen LogP contribution in [0, 0.1) is 5.82 Å². The first kappa shape index (κ1) is 14.9. The maximum Gasteiger partial charge on any atom is 0.283 e. The van der Waals surface area contributed by atoms with Crippen LogP contribution in [0.1, 0.15) is 0 Å². The number of nitrogens with one attached hydrogen (secondary N) is 1. The number of halogens is 6. The topological polar surface area (TPSA) is 32.9 Å². The van der Waals surface area contributed by atoms with Gasteiger partial charge in [0.05, 0.1) is 25.1 Å². The number of hydrogen-bond acceptors (Lipinski definition) is 1. The molecule has 0 bridgehead atoms. The van der Waals surface area contributed by atoms with Gasteiger partial charge in [0.15, 0.2) is 5.82 Å². The van der Waals surface area contributed by atoms with Crippen LogP contribution >= 0.6 is 58.0 Å². The Bertz CT molecular complexity index is 699. The summed E-state index contributed by atoms with van der Waals surface area (Å²) in [6.45, 7) is 0. The number of benzene rings is 1. The van der Waals surface area contributed by atoms with Crippen LogP contribution in [0.15, 0.2) is 17.1 Å². The van der Waals surface area contributed by atoms with Crippen molar-refractivity contribution in [3.8, 4) is 11.1 Å². The summed E-state index contributed by atoms with van der Waals surface area (Å²) >= 11 is 29.7. The minimum absolute atomic E-state index is 0.000610. The first-order valence-corrected chi connectivity index (χ1v) is 6.63. The van der Waals surface area contributed by atoms with E-state index in [9.17, 15) is 9.18 Å². The van der Waals surface area contributed by atoms with E-state index >= 15 is 0 Å². The SMILES string of the molecule is O=c1[nH]cc(-c2c(Cl)c(Cl)c(Cl)c(Cl)c2Cl)cc1F. The van der Waals surface area contributed by atoms with Gasteiger partial charge < -0.3 is 4.98 Å². The molecule has 1 heterocycles. The zero-order valence-corrected chi connectivity index (χ0v) is 12.6. The maximum atomic E-state index is 13.3. The molecular formula is C11H3Cl5FNO. The summed E-state index contributed by atoms with van der Waals surface area (Å²) in [4.78, 5) is 13.2. The summed E-state index contributed by atoms with van der Waals surface area (Å²) in [5, 5.41) is 0.0469. The Labute approximate surface area is 132 Å². The fourth-order valence-corrected chi connectivity index (χ4v) is 2.82. The number of aromatic nitrogens is 1. The molecule has 0 saturated carbocycles. The predicted octanol–water partition coefficient (Wildman–Crippen LogP) is 5.45. The number of rotatable bonds is 1. The van der Waals surface area contributed by atoms with Gasteiger partial charge in [-0.3, -0.25) is 4.79 Å². The molecule has 0 aliphatic rings. The second kappa shape index (κ2) is 5.51. The molecule has 100 valence electrons. The van der Waals surface area contributed by atoms with Gasteiger partial charge in [0.2, 0.25) is 0 Å².